The van der Waals surface area contributed by atoms with Crippen molar-refractivity contribution in [2.24, 2.45) is 0 Å². The van der Waals surface area contributed by atoms with E-state index in [2.05, 4.69) is 0 Å². The number of halogens is 1. The molecule has 17 heavy (non-hydrogen) atoms. The number of benzene rings is 2. The predicted octanol–water partition coefficient (Wildman–Crippen LogP) is 2.32. The summed E-state index contributed by atoms with van der Waals surface area (Å²) in [5.74, 6) is -3.00. The third-order valence-corrected chi connectivity index (χ3v) is 2.35. The molecule has 2 rings (SSSR count). The quantitative estimate of drug-likeness (QED) is 0.452. The summed E-state index contributed by atoms with van der Waals surface area (Å²) in [5.41, 5.74) is -0.0757. The van der Waals surface area contributed by atoms with Gasteiger partial charge in [0.15, 0.2) is 23.1 Å². The van der Waals surface area contributed by atoms with E-state index in [-0.39, 0.29) is 11.1 Å². The number of phenolic OH excluding ortho intramolecular Hbond substituents is 4. The molecule has 0 spiro atoms. The minimum atomic E-state index is -1.01. The molecule has 4 N–H and O–H groups in total. The van der Waals surface area contributed by atoms with Gasteiger partial charge in [-0.05, 0) is 12.1 Å². The van der Waals surface area contributed by atoms with Crippen molar-refractivity contribution in [3.05, 3.63) is 36.1 Å². The van der Waals surface area contributed by atoms with Crippen LogP contribution in [0.15, 0.2) is 30.3 Å². The fraction of sp³-hybridized carbons (Fsp3) is 0. The van der Waals surface area contributed by atoms with Crippen molar-refractivity contribution >= 4 is 0 Å². The van der Waals surface area contributed by atoms with Crippen molar-refractivity contribution in [2.75, 3.05) is 0 Å². The highest BCUT2D eigenvalue weighted by Gasteiger charge is 2.16. The van der Waals surface area contributed by atoms with Gasteiger partial charge in [0.1, 0.15) is 5.75 Å². The van der Waals surface area contributed by atoms with E-state index < -0.39 is 28.8 Å². The van der Waals surface area contributed by atoms with Crippen molar-refractivity contribution in [3.8, 4) is 34.1 Å². The van der Waals surface area contributed by atoms with Gasteiger partial charge in [0.25, 0.3) is 0 Å². The first-order valence-corrected chi connectivity index (χ1v) is 4.73. The number of hydrogen-bond donors (Lipinski definition) is 4. The average Bonchev–Trinajstić information content (AvgIpc) is 2.27. The van der Waals surface area contributed by atoms with Crippen molar-refractivity contribution < 1.29 is 24.8 Å². The van der Waals surface area contributed by atoms with Crippen LogP contribution >= 0.6 is 0 Å². The van der Waals surface area contributed by atoms with Crippen LogP contribution in [0, 0.1) is 5.82 Å². The summed E-state index contributed by atoms with van der Waals surface area (Å²) in [5, 5.41) is 37.7. The monoisotopic (exact) mass is 236 g/mol. The summed E-state index contributed by atoms with van der Waals surface area (Å²) in [6, 6.07) is 5.88. The third-order valence-electron chi connectivity index (χ3n) is 2.35. The largest absolute Gasteiger partial charge is 0.508 e. The number of phenols is 4. The highest BCUT2D eigenvalue weighted by atomic mass is 19.1. The van der Waals surface area contributed by atoms with E-state index in [0.717, 1.165) is 12.1 Å². The smallest absolute Gasteiger partial charge is 0.169 e. The molecule has 0 fully saturated rings. The SMILES string of the molecule is Oc1cc(F)c(O)c(-c2cccc(O)c2O)c1. The van der Waals surface area contributed by atoms with E-state index in [1.54, 1.807) is 0 Å². The molecule has 0 heterocycles. The second-order valence-corrected chi connectivity index (χ2v) is 3.50. The summed E-state index contributed by atoms with van der Waals surface area (Å²) in [6.45, 7) is 0. The second-order valence-electron chi connectivity index (χ2n) is 3.50. The van der Waals surface area contributed by atoms with Crippen LogP contribution < -0.4 is 0 Å². The Bertz CT molecular complexity index is 581. The summed E-state index contributed by atoms with van der Waals surface area (Å²) < 4.78 is 13.2. The highest BCUT2D eigenvalue weighted by molar-refractivity contribution is 5.78. The first-order chi connectivity index (χ1) is 8.00. The van der Waals surface area contributed by atoms with Gasteiger partial charge < -0.3 is 20.4 Å². The summed E-state index contributed by atoms with van der Waals surface area (Å²) in [4.78, 5) is 0. The van der Waals surface area contributed by atoms with Gasteiger partial charge in [0, 0.05) is 17.2 Å². The lowest BCUT2D eigenvalue weighted by Crippen LogP contribution is -1.85. The topological polar surface area (TPSA) is 80.9 Å². The Morgan fingerprint density at radius 1 is 0.824 bits per heavy atom. The van der Waals surface area contributed by atoms with Crippen LogP contribution in [0.2, 0.25) is 0 Å². The normalized spacial score (nSPS) is 10.4. The van der Waals surface area contributed by atoms with Crippen LogP contribution in [0.4, 0.5) is 4.39 Å². The van der Waals surface area contributed by atoms with E-state index >= 15 is 0 Å². The summed E-state index contributed by atoms with van der Waals surface area (Å²) in [6.07, 6.45) is 0. The van der Waals surface area contributed by atoms with Crippen LogP contribution in [0.3, 0.4) is 0 Å². The number of aromatic hydroxyl groups is 4. The zero-order valence-corrected chi connectivity index (χ0v) is 8.55. The zero-order chi connectivity index (χ0) is 12.6. The molecule has 0 amide bonds. The summed E-state index contributed by atoms with van der Waals surface area (Å²) >= 11 is 0. The summed E-state index contributed by atoms with van der Waals surface area (Å²) in [7, 11) is 0. The molecule has 0 unspecified atom stereocenters. The molecule has 4 nitrogen and oxygen atoms in total. The van der Waals surface area contributed by atoms with Crippen LogP contribution in [0.1, 0.15) is 0 Å². The molecular weight excluding hydrogens is 227 g/mol. The Hall–Kier alpha value is -2.43. The maximum Gasteiger partial charge on any atom is 0.169 e. The minimum Gasteiger partial charge on any atom is -0.508 e. The third kappa shape index (κ3) is 1.82. The Kier molecular flexibility index (Phi) is 2.51. The first kappa shape index (κ1) is 11.1. The zero-order valence-electron chi connectivity index (χ0n) is 8.55. The van der Waals surface area contributed by atoms with E-state index in [4.69, 9.17) is 0 Å². The van der Waals surface area contributed by atoms with E-state index in [1.807, 2.05) is 0 Å². The molecular formula is C12H9FO4. The minimum absolute atomic E-state index is 0.0253. The second kappa shape index (κ2) is 3.86. The van der Waals surface area contributed by atoms with Crippen molar-refractivity contribution in [3.63, 3.8) is 0 Å². The Morgan fingerprint density at radius 2 is 1.53 bits per heavy atom. The van der Waals surface area contributed by atoms with Gasteiger partial charge in [-0.1, -0.05) is 12.1 Å². The molecule has 5 heteroatoms. The fourth-order valence-electron chi connectivity index (χ4n) is 1.54. The lowest BCUT2D eigenvalue weighted by atomic mass is 10.0. The molecule has 0 aliphatic carbocycles. The number of para-hydroxylation sites is 1. The molecule has 2 aromatic carbocycles. The molecule has 0 aliphatic heterocycles. The molecule has 0 bridgehead atoms. The molecule has 0 atom stereocenters. The van der Waals surface area contributed by atoms with Gasteiger partial charge in [-0.15, -0.1) is 0 Å². The van der Waals surface area contributed by atoms with Gasteiger partial charge >= 0.3 is 0 Å². The van der Waals surface area contributed by atoms with Gasteiger partial charge in [0.2, 0.25) is 0 Å². The van der Waals surface area contributed by atoms with Gasteiger partial charge in [-0.2, -0.15) is 0 Å². The van der Waals surface area contributed by atoms with Gasteiger partial charge in [-0.25, -0.2) is 4.39 Å². The molecule has 0 saturated heterocycles. The Labute approximate surface area is 95.8 Å². The lowest BCUT2D eigenvalue weighted by molar-refractivity contribution is 0.403. The van der Waals surface area contributed by atoms with Crippen molar-refractivity contribution in [1.29, 1.82) is 0 Å². The fourth-order valence-corrected chi connectivity index (χ4v) is 1.54. The predicted molar refractivity (Wildman–Crippen MR) is 58.5 cm³/mol. The van der Waals surface area contributed by atoms with Crippen LogP contribution in [-0.4, -0.2) is 20.4 Å². The van der Waals surface area contributed by atoms with Gasteiger partial charge in [-0.3, -0.25) is 0 Å². The lowest BCUT2D eigenvalue weighted by Gasteiger charge is -2.09. The van der Waals surface area contributed by atoms with E-state index in [0.29, 0.717) is 0 Å². The van der Waals surface area contributed by atoms with Crippen molar-refractivity contribution in [1.82, 2.24) is 0 Å². The highest BCUT2D eigenvalue weighted by Crippen LogP contribution is 2.42. The standard InChI is InChI=1S/C12H9FO4/c13-9-5-6(14)4-8(11(9)16)7-2-1-3-10(15)12(7)17/h1-5,14-17H. The maximum atomic E-state index is 13.2. The molecule has 0 aliphatic rings. The molecule has 0 radical (unpaired) electrons. The maximum absolute atomic E-state index is 13.2. The molecule has 88 valence electrons. The Morgan fingerprint density at radius 3 is 2.24 bits per heavy atom. The van der Waals surface area contributed by atoms with Crippen LogP contribution in [0.25, 0.3) is 11.1 Å². The van der Waals surface area contributed by atoms with E-state index in [9.17, 15) is 24.8 Å². The van der Waals surface area contributed by atoms with Crippen molar-refractivity contribution in [2.45, 2.75) is 0 Å². The molecule has 0 aromatic heterocycles. The van der Waals surface area contributed by atoms with Crippen LogP contribution in [-0.2, 0) is 0 Å². The van der Waals surface area contributed by atoms with Gasteiger partial charge in [0.05, 0.1) is 0 Å². The molecule has 0 saturated carbocycles. The number of hydrogen-bond acceptors (Lipinski definition) is 4. The Balaban J connectivity index is 2.73. The van der Waals surface area contributed by atoms with Crippen LogP contribution in [0.5, 0.6) is 23.0 Å². The first-order valence-electron chi connectivity index (χ1n) is 4.73. The number of rotatable bonds is 1. The average molecular weight is 236 g/mol. The van der Waals surface area contributed by atoms with E-state index in [1.165, 1.54) is 18.2 Å². The molecule has 2 aromatic rings.